The van der Waals surface area contributed by atoms with E-state index in [0.717, 1.165) is 22.1 Å². The Morgan fingerprint density at radius 2 is 1.85 bits per heavy atom. The van der Waals surface area contributed by atoms with Crippen molar-refractivity contribution in [3.05, 3.63) is 70.9 Å². The van der Waals surface area contributed by atoms with Crippen LogP contribution in [0.3, 0.4) is 0 Å². The maximum atomic E-state index is 13.1. The normalized spacial score (nSPS) is 10.8. The van der Waals surface area contributed by atoms with Crippen molar-refractivity contribution in [3.63, 3.8) is 0 Å². The Morgan fingerprint density at radius 3 is 2.65 bits per heavy atom. The molecule has 0 saturated heterocycles. The molecular weight excluding hydrogens is 271 g/mol. The summed E-state index contributed by atoms with van der Waals surface area (Å²) in [5, 5.41) is 0.804. The summed E-state index contributed by atoms with van der Waals surface area (Å²) in [5.41, 5.74) is 1.16. The molecule has 3 heteroatoms. The predicted molar refractivity (Wildman–Crippen MR) is 80.9 cm³/mol. The number of hydrogen-bond donors (Lipinski definition) is 0. The Balaban J connectivity index is 1.75. The van der Waals surface area contributed by atoms with Gasteiger partial charge in [-0.05, 0) is 41.6 Å². The molecule has 0 aliphatic rings. The third-order valence-electron chi connectivity index (χ3n) is 3.24. The second-order valence-electron chi connectivity index (χ2n) is 4.70. The number of ketones is 1. The van der Waals surface area contributed by atoms with Gasteiger partial charge in [-0.25, -0.2) is 4.39 Å². The summed E-state index contributed by atoms with van der Waals surface area (Å²) in [6.07, 6.45) is 1.22. The molecule has 20 heavy (non-hydrogen) atoms. The van der Waals surface area contributed by atoms with Gasteiger partial charge in [-0.2, -0.15) is 0 Å². The first-order valence-electron chi connectivity index (χ1n) is 6.48. The lowest BCUT2D eigenvalue weighted by Gasteiger charge is -1.99. The van der Waals surface area contributed by atoms with Crippen molar-refractivity contribution < 1.29 is 9.18 Å². The number of carbonyl (C=O) groups excluding carboxylic acids is 1. The maximum Gasteiger partial charge on any atom is 0.173 e. The van der Waals surface area contributed by atoms with Gasteiger partial charge in [0.2, 0.25) is 0 Å². The van der Waals surface area contributed by atoms with E-state index in [1.54, 1.807) is 12.1 Å². The quantitative estimate of drug-likeness (QED) is 0.625. The van der Waals surface area contributed by atoms with Gasteiger partial charge in [-0.3, -0.25) is 4.79 Å². The van der Waals surface area contributed by atoms with E-state index in [-0.39, 0.29) is 11.6 Å². The van der Waals surface area contributed by atoms with Crippen LogP contribution in [0, 0.1) is 5.82 Å². The van der Waals surface area contributed by atoms with Crippen molar-refractivity contribution in [3.8, 4) is 0 Å². The van der Waals surface area contributed by atoms with Crippen LogP contribution < -0.4 is 0 Å². The Morgan fingerprint density at radius 1 is 1.05 bits per heavy atom. The predicted octanol–water partition coefficient (Wildman–Crippen LogP) is 4.86. The number of halogens is 1. The van der Waals surface area contributed by atoms with Gasteiger partial charge >= 0.3 is 0 Å². The minimum absolute atomic E-state index is 0.121. The highest BCUT2D eigenvalue weighted by molar-refractivity contribution is 7.20. The molecule has 0 radical (unpaired) electrons. The zero-order chi connectivity index (χ0) is 13.9. The summed E-state index contributed by atoms with van der Waals surface area (Å²) in [6, 6.07) is 16.4. The van der Waals surface area contributed by atoms with E-state index in [1.165, 1.54) is 23.5 Å². The number of carbonyl (C=O) groups is 1. The molecule has 1 aromatic heterocycles. The van der Waals surface area contributed by atoms with E-state index in [0.29, 0.717) is 11.3 Å². The molecule has 0 fully saturated rings. The van der Waals surface area contributed by atoms with E-state index in [2.05, 4.69) is 0 Å². The van der Waals surface area contributed by atoms with E-state index < -0.39 is 0 Å². The number of fused-ring (bicyclic) bond motifs is 1. The summed E-state index contributed by atoms with van der Waals surface area (Å²) in [7, 11) is 0. The SMILES string of the molecule is O=C(CCc1ccccc1)c1cc2cc(F)ccc2s1. The van der Waals surface area contributed by atoms with Crippen LogP contribution in [0.4, 0.5) is 4.39 Å². The van der Waals surface area contributed by atoms with E-state index >= 15 is 0 Å². The van der Waals surface area contributed by atoms with Crippen LogP contribution in [0.5, 0.6) is 0 Å². The lowest BCUT2D eigenvalue weighted by atomic mass is 10.1. The highest BCUT2D eigenvalue weighted by Crippen LogP contribution is 2.27. The Hall–Kier alpha value is -2.00. The van der Waals surface area contributed by atoms with Gasteiger partial charge in [0.1, 0.15) is 5.82 Å². The molecule has 3 aromatic rings. The maximum absolute atomic E-state index is 13.1. The van der Waals surface area contributed by atoms with Gasteiger partial charge in [0.25, 0.3) is 0 Å². The Labute approximate surface area is 120 Å². The number of aryl methyl sites for hydroxylation is 1. The minimum Gasteiger partial charge on any atom is -0.293 e. The first-order chi connectivity index (χ1) is 9.72. The summed E-state index contributed by atoms with van der Waals surface area (Å²) >= 11 is 1.43. The zero-order valence-electron chi connectivity index (χ0n) is 10.8. The molecule has 0 spiro atoms. The molecule has 100 valence electrons. The largest absolute Gasteiger partial charge is 0.293 e. The van der Waals surface area contributed by atoms with Crippen LogP contribution >= 0.6 is 11.3 Å². The van der Waals surface area contributed by atoms with Crippen LogP contribution in [0.15, 0.2) is 54.6 Å². The molecule has 0 N–H and O–H groups in total. The molecule has 2 aromatic carbocycles. The average molecular weight is 284 g/mol. The fraction of sp³-hybridized carbons (Fsp3) is 0.118. The van der Waals surface area contributed by atoms with Crippen molar-refractivity contribution in [2.45, 2.75) is 12.8 Å². The summed E-state index contributed by atoms with van der Waals surface area (Å²) in [6.45, 7) is 0. The van der Waals surface area contributed by atoms with Crippen LogP contribution in [-0.4, -0.2) is 5.78 Å². The molecular formula is C17H13FOS. The lowest BCUT2D eigenvalue weighted by molar-refractivity contribution is 0.0987. The van der Waals surface area contributed by atoms with Gasteiger partial charge in [-0.1, -0.05) is 30.3 Å². The number of Topliss-reactive ketones (excluding diaryl/α,β-unsaturated/α-hetero) is 1. The summed E-state index contributed by atoms with van der Waals surface area (Å²) in [4.78, 5) is 12.9. The molecule has 1 heterocycles. The van der Waals surface area contributed by atoms with E-state index in [1.807, 2.05) is 30.3 Å². The second-order valence-corrected chi connectivity index (χ2v) is 5.79. The molecule has 0 atom stereocenters. The van der Waals surface area contributed by atoms with E-state index in [4.69, 9.17) is 0 Å². The number of rotatable bonds is 4. The van der Waals surface area contributed by atoms with Crippen molar-refractivity contribution in [1.82, 2.24) is 0 Å². The van der Waals surface area contributed by atoms with Crippen molar-refractivity contribution in [2.75, 3.05) is 0 Å². The number of thiophene rings is 1. The highest BCUT2D eigenvalue weighted by Gasteiger charge is 2.10. The molecule has 0 aliphatic carbocycles. The third-order valence-corrected chi connectivity index (χ3v) is 4.39. The topological polar surface area (TPSA) is 17.1 Å². The molecule has 0 unspecified atom stereocenters. The lowest BCUT2D eigenvalue weighted by Crippen LogP contribution is -1.98. The highest BCUT2D eigenvalue weighted by atomic mass is 32.1. The Kier molecular flexibility index (Phi) is 3.61. The fourth-order valence-corrected chi connectivity index (χ4v) is 3.19. The van der Waals surface area contributed by atoms with Crippen molar-refractivity contribution in [1.29, 1.82) is 0 Å². The fourth-order valence-electron chi connectivity index (χ4n) is 2.18. The van der Waals surface area contributed by atoms with Crippen LogP contribution in [-0.2, 0) is 6.42 Å². The molecule has 0 amide bonds. The van der Waals surface area contributed by atoms with Gasteiger partial charge in [0.15, 0.2) is 5.78 Å². The molecule has 0 saturated carbocycles. The average Bonchev–Trinajstić information content (AvgIpc) is 2.89. The molecule has 1 nitrogen and oxygen atoms in total. The van der Waals surface area contributed by atoms with Gasteiger partial charge in [0.05, 0.1) is 4.88 Å². The third kappa shape index (κ3) is 2.78. The van der Waals surface area contributed by atoms with Gasteiger partial charge < -0.3 is 0 Å². The second kappa shape index (κ2) is 5.55. The summed E-state index contributed by atoms with van der Waals surface area (Å²) in [5.74, 6) is -0.144. The van der Waals surface area contributed by atoms with Crippen molar-refractivity contribution in [2.24, 2.45) is 0 Å². The molecule has 0 bridgehead atoms. The Bertz CT molecular complexity index is 746. The number of benzene rings is 2. The first kappa shape index (κ1) is 13.0. The van der Waals surface area contributed by atoms with Crippen LogP contribution in [0.2, 0.25) is 0 Å². The number of hydrogen-bond acceptors (Lipinski definition) is 2. The van der Waals surface area contributed by atoms with Crippen molar-refractivity contribution >= 4 is 27.2 Å². The molecule has 0 aliphatic heterocycles. The minimum atomic E-state index is -0.265. The van der Waals surface area contributed by atoms with Crippen LogP contribution in [0.1, 0.15) is 21.7 Å². The standard InChI is InChI=1S/C17H13FOS/c18-14-7-9-16-13(10-14)11-17(20-16)15(19)8-6-12-4-2-1-3-5-12/h1-5,7,9-11H,6,8H2. The summed E-state index contributed by atoms with van der Waals surface area (Å²) < 4.78 is 14.1. The monoisotopic (exact) mass is 284 g/mol. The van der Waals surface area contributed by atoms with Gasteiger partial charge in [-0.15, -0.1) is 11.3 Å². The van der Waals surface area contributed by atoms with E-state index in [9.17, 15) is 9.18 Å². The van der Waals surface area contributed by atoms with Crippen LogP contribution in [0.25, 0.3) is 10.1 Å². The zero-order valence-corrected chi connectivity index (χ0v) is 11.6. The molecule has 3 rings (SSSR count). The smallest absolute Gasteiger partial charge is 0.173 e. The first-order valence-corrected chi connectivity index (χ1v) is 7.30. The van der Waals surface area contributed by atoms with Gasteiger partial charge in [0, 0.05) is 11.1 Å².